The van der Waals surface area contributed by atoms with Crippen LogP contribution in [0.5, 0.6) is 0 Å². The molecule has 0 radical (unpaired) electrons. The first-order valence-corrected chi connectivity index (χ1v) is 12.1. The van der Waals surface area contributed by atoms with Gasteiger partial charge in [0.2, 0.25) is 5.56 Å². The fraction of sp³-hybridized carbons (Fsp3) is 0.407. The zero-order valence-electron chi connectivity index (χ0n) is 20.0. The van der Waals surface area contributed by atoms with Gasteiger partial charge in [-0.2, -0.15) is 0 Å². The van der Waals surface area contributed by atoms with Gasteiger partial charge in [0.15, 0.2) is 0 Å². The molecule has 0 aliphatic carbocycles. The van der Waals surface area contributed by atoms with Crippen molar-refractivity contribution in [3.63, 3.8) is 0 Å². The molecule has 178 valence electrons. The van der Waals surface area contributed by atoms with Gasteiger partial charge in [0, 0.05) is 31.2 Å². The Morgan fingerprint density at radius 1 is 1.00 bits per heavy atom. The highest BCUT2D eigenvalue weighted by atomic mass is 16.1. The maximum Gasteiger partial charge on any atom is 0.252 e. The summed E-state index contributed by atoms with van der Waals surface area (Å²) >= 11 is 0. The van der Waals surface area contributed by atoms with Gasteiger partial charge >= 0.3 is 0 Å². The number of hydrogen-bond acceptors (Lipinski definition) is 5. The summed E-state index contributed by atoms with van der Waals surface area (Å²) in [6, 6.07) is 11.7. The summed E-state index contributed by atoms with van der Waals surface area (Å²) in [6.45, 7) is 5.78. The number of piperidine rings is 1. The van der Waals surface area contributed by atoms with E-state index in [1.807, 2.05) is 24.5 Å². The lowest BCUT2D eigenvalue weighted by atomic mass is 9.88. The lowest BCUT2D eigenvalue weighted by Gasteiger charge is -2.42. The van der Waals surface area contributed by atoms with Crippen LogP contribution in [0.3, 0.4) is 0 Å². The average Bonchev–Trinajstić information content (AvgIpc) is 2.85. The Hall–Kier alpha value is -3.32. The molecule has 1 aliphatic heterocycles. The first-order valence-electron chi connectivity index (χ1n) is 12.1. The second-order valence-electron chi connectivity index (χ2n) is 9.02. The van der Waals surface area contributed by atoms with Crippen molar-refractivity contribution in [2.75, 3.05) is 13.1 Å². The molecule has 1 fully saturated rings. The molecular formula is C27H33N5O2. The average molecular weight is 460 g/mol. The van der Waals surface area contributed by atoms with E-state index in [0.717, 1.165) is 50.0 Å². The Bertz CT molecular complexity index is 1100. The van der Waals surface area contributed by atoms with Crippen LogP contribution in [0.2, 0.25) is 0 Å². The molecule has 0 saturated carbocycles. The smallest absolute Gasteiger partial charge is 0.252 e. The van der Waals surface area contributed by atoms with Crippen LogP contribution in [0, 0.1) is 13.8 Å². The molecule has 0 bridgehead atoms. The van der Waals surface area contributed by atoms with Crippen LogP contribution in [-0.4, -0.2) is 38.8 Å². The highest BCUT2D eigenvalue weighted by Gasteiger charge is 2.34. The third-order valence-corrected chi connectivity index (χ3v) is 6.66. The Kier molecular flexibility index (Phi) is 7.85. The molecule has 2 atom stereocenters. The molecular weight excluding hydrogens is 426 g/mol. The molecule has 4 rings (SSSR count). The van der Waals surface area contributed by atoms with Crippen LogP contribution < -0.4 is 10.9 Å². The minimum Gasteiger partial charge on any atom is -0.352 e. The Balaban J connectivity index is 1.43. The summed E-state index contributed by atoms with van der Waals surface area (Å²) in [5.74, 6) is -0.168. The van der Waals surface area contributed by atoms with Gasteiger partial charge in [-0.05, 0) is 81.8 Å². The van der Waals surface area contributed by atoms with E-state index < -0.39 is 0 Å². The molecule has 0 spiro atoms. The van der Waals surface area contributed by atoms with E-state index in [0.29, 0.717) is 12.1 Å². The first-order chi connectivity index (χ1) is 16.5. The van der Waals surface area contributed by atoms with Gasteiger partial charge in [0.25, 0.3) is 5.91 Å². The summed E-state index contributed by atoms with van der Waals surface area (Å²) in [5, 5.41) is 2.96. The molecule has 4 heterocycles. The number of pyridine rings is 3. The Labute approximate surface area is 200 Å². The molecule has 7 heteroatoms. The van der Waals surface area contributed by atoms with E-state index >= 15 is 0 Å². The highest BCUT2D eigenvalue weighted by Crippen LogP contribution is 2.42. The third kappa shape index (κ3) is 5.59. The number of aromatic amines is 1. The number of amides is 1. The minimum atomic E-state index is -0.214. The molecule has 1 saturated heterocycles. The second-order valence-corrected chi connectivity index (χ2v) is 9.02. The molecule has 34 heavy (non-hydrogen) atoms. The normalized spacial score (nSPS) is 18.5. The number of aryl methyl sites for hydroxylation is 2. The van der Waals surface area contributed by atoms with Crippen LogP contribution in [0.25, 0.3) is 0 Å². The van der Waals surface area contributed by atoms with E-state index in [4.69, 9.17) is 9.97 Å². The van der Waals surface area contributed by atoms with Crippen molar-refractivity contribution in [3.8, 4) is 0 Å². The molecule has 1 aliphatic rings. The van der Waals surface area contributed by atoms with Crippen LogP contribution in [0.15, 0.2) is 59.8 Å². The van der Waals surface area contributed by atoms with E-state index in [-0.39, 0.29) is 23.6 Å². The maximum atomic E-state index is 12.3. The fourth-order valence-electron chi connectivity index (χ4n) is 4.92. The molecule has 7 nitrogen and oxygen atoms in total. The second kappa shape index (κ2) is 11.2. The van der Waals surface area contributed by atoms with Gasteiger partial charge in [-0.3, -0.25) is 24.5 Å². The number of nitrogens with one attached hydrogen (secondary N) is 2. The van der Waals surface area contributed by atoms with E-state index in [2.05, 4.69) is 41.2 Å². The lowest BCUT2D eigenvalue weighted by molar-refractivity contribution is 0.0740. The van der Waals surface area contributed by atoms with Gasteiger partial charge in [0.1, 0.15) is 0 Å². The number of rotatable bonds is 8. The van der Waals surface area contributed by atoms with Gasteiger partial charge < -0.3 is 10.3 Å². The third-order valence-electron chi connectivity index (χ3n) is 6.66. The van der Waals surface area contributed by atoms with Crippen molar-refractivity contribution in [3.05, 3.63) is 93.4 Å². The molecule has 3 aromatic heterocycles. The summed E-state index contributed by atoms with van der Waals surface area (Å²) < 4.78 is 0. The van der Waals surface area contributed by atoms with E-state index in [9.17, 15) is 9.59 Å². The number of unbranched alkanes of at least 4 members (excludes halogenated alkanes) is 1. The number of H-pyrrole nitrogens is 1. The van der Waals surface area contributed by atoms with Crippen molar-refractivity contribution in [2.45, 2.75) is 58.0 Å². The largest absolute Gasteiger partial charge is 0.352 e. The maximum absolute atomic E-state index is 12.3. The number of hydrogen-bond donors (Lipinski definition) is 2. The summed E-state index contributed by atoms with van der Waals surface area (Å²) in [4.78, 5) is 38.2. The van der Waals surface area contributed by atoms with Crippen molar-refractivity contribution in [1.29, 1.82) is 0 Å². The number of aromatic nitrogens is 3. The van der Waals surface area contributed by atoms with Crippen LogP contribution in [0.4, 0.5) is 0 Å². The molecule has 0 aromatic carbocycles. The summed E-state index contributed by atoms with van der Waals surface area (Å²) in [6.07, 6.45) is 10.4. The lowest BCUT2D eigenvalue weighted by Crippen LogP contribution is -2.38. The molecule has 2 N–H and O–H groups in total. The SMILES string of the molecule is Cc1cccnc1[C@H]1CCC[C@@H](c2ncccc2C)N1CCCCNC(=O)c1ccc(=O)[nH]c1. The molecule has 3 aromatic rings. The zero-order valence-corrected chi connectivity index (χ0v) is 20.0. The summed E-state index contributed by atoms with van der Waals surface area (Å²) in [5.41, 5.74) is 5.02. The topological polar surface area (TPSA) is 91.0 Å². The van der Waals surface area contributed by atoms with E-state index in [1.54, 1.807) is 6.07 Å². The minimum absolute atomic E-state index is 0.168. The number of nitrogens with zero attached hydrogens (tertiary/aromatic N) is 3. The molecule has 0 unspecified atom stereocenters. The van der Waals surface area contributed by atoms with Gasteiger partial charge in [-0.1, -0.05) is 12.1 Å². The van der Waals surface area contributed by atoms with Gasteiger partial charge in [-0.15, -0.1) is 0 Å². The van der Waals surface area contributed by atoms with Crippen molar-refractivity contribution >= 4 is 5.91 Å². The number of likely N-dealkylation sites (tertiary alicyclic amines) is 1. The van der Waals surface area contributed by atoms with Gasteiger partial charge in [0.05, 0.1) is 29.0 Å². The first kappa shape index (κ1) is 23.8. The Morgan fingerprint density at radius 3 is 2.21 bits per heavy atom. The van der Waals surface area contributed by atoms with Crippen LogP contribution in [-0.2, 0) is 0 Å². The van der Waals surface area contributed by atoms with E-state index in [1.165, 1.54) is 23.4 Å². The Morgan fingerprint density at radius 2 is 1.65 bits per heavy atom. The predicted octanol–water partition coefficient (Wildman–Crippen LogP) is 4.26. The number of carbonyl (C=O) groups is 1. The fourth-order valence-corrected chi connectivity index (χ4v) is 4.92. The molecule has 1 amide bonds. The summed E-state index contributed by atoms with van der Waals surface area (Å²) in [7, 11) is 0. The zero-order chi connectivity index (χ0) is 23.9. The monoisotopic (exact) mass is 459 g/mol. The van der Waals surface area contributed by atoms with Crippen LogP contribution >= 0.6 is 0 Å². The predicted molar refractivity (Wildman–Crippen MR) is 133 cm³/mol. The highest BCUT2D eigenvalue weighted by molar-refractivity contribution is 5.93. The van der Waals surface area contributed by atoms with Crippen molar-refractivity contribution in [2.24, 2.45) is 0 Å². The quantitative estimate of drug-likeness (QED) is 0.491. The van der Waals surface area contributed by atoms with Crippen molar-refractivity contribution < 1.29 is 4.79 Å². The number of carbonyl (C=O) groups excluding carboxylic acids is 1. The standard InChI is InChI=1S/C27H33N5O2/c1-19-8-6-15-28-25(19)22-10-5-11-23(26-20(2)9-7-16-29-26)32(22)17-4-3-14-30-27(34)21-12-13-24(33)31-18-21/h6-9,12-13,15-16,18,22-23H,3-5,10-11,14,17H2,1-2H3,(H,30,34)(H,31,33)/t22-,23+. The van der Waals surface area contributed by atoms with Crippen LogP contribution in [0.1, 0.15) is 77.1 Å². The van der Waals surface area contributed by atoms with Crippen molar-refractivity contribution in [1.82, 2.24) is 25.2 Å². The van der Waals surface area contributed by atoms with Gasteiger partial charge in [-0.25, -0.2) is 0 Å².